The number of halogens is 2. The first-order valence-electron chi connectivity index (χ1n) is 6.19. The molecule has 102 valence electrons. The third-order valence-corrected chi connectivity index (χ3v) is 5.69. The van der Waals surface area contributed by atoms with E-state index >= 15 is 0 Å². The highest BCUT2D eigenvalue weighted by molar-refractivity contribution is 14.1. The van der Waals surface area contributed by atoms with E-state index in [0.717, 1.165) is 51.3 Å². The molecular weight excluding hydrogens is 395 g/mol. The van der Waals surface area contributed by atoms with Crippen molar-refractivity contribution in [3.63, 3.8) is 0 Å². The summed E-state index contributed by atoms with van der Waals surface area (Å²) >= 11 is 10.1. The molecule has 0 unspecified atom stereocenters. The van der Waals surface area contributed by atoms with E-state index in [2.05, 4.69) is 27.9 Å². The fourth-order valence-electron chi connectivity index (χ4n) is 2.26. The molecule has 6 heteroatoms. The first kappa shape index (κ1) is 14.0. The third kappa shape index (κ3) is 3.20. The lowest BCUT2D eigenvalue weighted by atomic mass is 9.93. The first-order valence-corrected chi connectivity index (χ1v) is 8.64. The Balaban J connectivity index is 1.75. The largest absolute Gasteiger partial charge is 0.381 e. The molecule has 2 aliphatic heterocycles. The average molecular weight is 409 g/mol. The molecule has 1 N–H and O–H groups in total. The van der Waals surface area contributed by atoms with Crippen molar-refractivity contribution < 1.29 is 4.74 Å². The molecule has 3 rings (SSSR count). The van der Waals surface area contributed by atoms with Gasteiger partial charge in [0.1, 0.15) is 0 Å². The summed E-state index contributed by atoms with van der Waals surface area (Å²) in [6.45, 7) is 1.66. The van der Waals surface area contributed by atoms with E-state index in [1.165, 1.54) is 0 Å². The Bertz CT molecular complexity index is 517. The van der Waals surface area contributed by atoms with E-state index in [9.17, 15) is 0 Å². The second kappa shape index (κ2) is 5.79. The summed E-state index contributed by atoms with van der Waals surface area (Å²) in [5, 5.41) is 5.19. The molecule has 0 amide bonds. The Labute approximate surface area is 135 Å². The number of aliphatic imine (C=N–C) groups is 1. The van der Waals surface area contributed by atoms with Gasteiger partial charge in [-0.05, 0) is 53.6 Å². The monoisotopic (exact) mass is 408 g/mol. The van der Waals surface area contributed by atoms with Crippen LogP contribution in [0.3, 0.4) is 0 Å². The number of anilines is 1. The van der Waals surface area contributed by atoms with Gasteiger partial charge in [-0.15, -0.1) is 0 Å². The van der Waals surface area contributed by atoms with Crippen LogP contribution in [0.4, 0.5) is 5.69 Å². The minimum absolute atomic E-state index is 0.100. The summed E-state index contributed by atoms with van der Waals surface area (Å²) in [6.07, 6.45) is 2.06. The van der Waals surface area contributed by atoms with Crippen molar-refractivity contribution in [2.24, 2.45) is 4.99 Å². The highest BCUT2D eigenvalue weighted by Gasteiger charge is 2.37. The Kier molecular flexibility index (Phi) is 4.26. The third-order valence-electron chi connectivity index (χ3n) is 3.41. The zero-order valence-corrected chi connectivity index (χ0v) is 14.0. The summed E-state index contributed by atoms with van der Waals surface area (Å²) in [7, 11) is 0. The average Bonchev–Trinajstić information content (AvgIpc) is 2.77. The smallest absolute Gasteiger partial charge is 0.161 e. The molecule has 1 fully saturated rings. The molecule has 19 heavy (non-hydrogen) atoms. The van der Waals surface area contributed by atoms with Crippen molar-refractivity contribution in [2.75, 3.05) is 24.3 Å². The minimum atomic E-state index is 0.100. The van der Waals surface area contributed by atoms with Crippen molar-refractivity contribution in [1.29, 1.82) is 0 Å². The molecule has 0 radical (unpaired) electrons. The molecule has 0 aliphatic carbocycles. The summed E-state index contributed by atoms with van der Waals surface area (Å²) in [6, 6.07) is 5.85. The predicted molar refractivity (Wildman–Crippen MR) is 90.5 cm³/mol. The van der Waals surface area contributed by atoms with E-state index in [0.29, 0.717) is 0 Å². The molecule has 0 saturated carbocycles. The number of benzene rings is 1. The van der Waals surface area contributed by atoms with Gasteiger partial charge in [-0.2, -0.15) is 0 Å². The van der Waals surface area contributed by atoms with Gasteiger partial charge in [-0.1, -0.05) is 23.4 Å². The van der Waals surface area contributed by atoms with Crippen molar-refractivity contribution >= 4 is 56.8 Å². The molecule has 1 spiro atoms. The van der Waals surface area contributed by atoms with E-state index in [-0.39, 0.29) is 5.54 Å². The van der Waals surface area contributed by atoms with E-state index in [1.807, 2.05) is 18.2 Å². The van der Waals surface area contributed by atoms with Gasteiger partial charge in [-0.25, -0.2) is 0 Å². The van der Waals surface area contributed by atoms with E-state index in [1.54, 1.807) is 11.8 Å². The van der Waals surface area contributed by atoms with Crippen LogP contribution in [0.15, 0.2) is 23.2 Å². The highest BCUT2D eigenvalue weighted by atomic mass is 127. The number of nitrogens with one attached hydrogen (secondary N) is 1. The maximum atomic E-state index is 5.97. The molecule has 2 heterocycles. The quantitative estimate of drug-likeness (QED) is 0.713. The number of amidine groups is 1. The molecule has 1 aromatic rings. The molecule has 0 bridgehead atoms. The van der Waals surface area contributed by atoms with Crippen LogP contribution in [-0.2, 0) is 4.74 Å². The number of thioether (sulfide) groups is 1. The second-order valence-corrected chi connectivity index (χ2v) is 7.35. The number of hydrogen-bond acceptors (Lipinski definition) is 4. The molecule has 0 aromatic heterocycles. The fraction of sp³-hybridized carbons (Fsp3) is 0.462. The Morgan fingerprint density at radius 1 is 1.37 bits per heavy atom. The lowest BCUT2D eigenvalue weighted by Gasteiger charge is -2.29. The van der Waals surface area contributed by atoms with E-state index in [4.69, 9.17) is 21.3 Å². The van der Waals surface area contributed by atoms with Crippen LogP contribution in [0.25, 0.3) is 0 Å². The maximum absolute atomic E-state index is 5.97. The van der Waals surface area contributed by atoms with Gasteiger partial charge >= 0.3 is 0 Å². The lowest BCUT2D eigenvalue weighted by Crippen LogP contribution is -2.34. The summed E-state index contributed by atoms with van der Waals surface area (Å²) < 4.78 is 6.54. The Hall–Kier alpha value is 0.0200. The highest BCUT2D eigenvalue weighted by Crippen LogP contribution is 2.36. The van der Waals surface area contributed by atoms with Crippen LogP contribution in [0.1, 0.15) is 12.8 Å². The molecule has 0 atom stereocenters. The van der Waals surface area contributed by atoms with Gasteiger partial charge in [-0.3, -0.25) is 4.99 Å². The first-order chi connectivity index (χ1) is 9.17. The topological polar surface area (TPSA) is 33.6 Å². The normalized spacial score (nSPS) is 21.5. The van der Waals surface area contributed by atoms with Gasteiger partial charge < -0.3 is 10.1 Å². The van der Waals surface area contributed by atoms with Crippen LogP contribution in [-0.4, -0.2) is 29.7 Å². The van der Waals surface area contributed by atoms with Gasteiger partial charge in [0.25, 0.3) is 0 Å². The van der Waals surface area contributed by atoms with Gasteiger partial charge in [0, 0.05) is 27.6 Å². The number of ether oxygens (including phenoxy) is 1. The number of rotatable bonds is 1. The van der Waals surface area contributed by atoms with Crippen molar-refractivity contribution in [3.8, 4) is 0 Å². The molecular formula is C13H14ClIN2OS. The summed E-state index contributed by atoms with van der Waals surface area (Å²) in [5.74, 6) is 1.06. The number of hydrogen-bond donors (Lipinski definition) is 1. The van der Waals surface area contributed by atoms with Crippen molar-refractivity contribution in [1.82, 2.24) is 0 Å². The standard InChI is InChI=1S/C13H14ClIN2OS/c14-9-1-2-11(10(15)7-9)16-12-17-13(8-19-12)3-5-18-6-4-13/h1-2,7H,3-6,8H2,(H,16,17). The number of nitrogens with zero attached hydrogens (tertiary/aromatic N) is 1. The van der Waals surface area contributed by atoms with Crippen LogP contribution in [0.2, 0.25) is 5.02 Å². The van der Waals surface area contributed by atoms with E-state index < -0.39 is 0 Å². The summed E-state index contributed by atoms with van der Waals surface area (Å²) in [4.78, 5) is 4.89. The zero-order chi connectivity index (χ0) is 13.3. The molecule has 2 aliphatic rings. The minimum Gasteiger partial charge on any atom is -0.381 e. The second-order valence-electron chi connectivity index (χ2n) is 4.79. The van der Waals surface area contributed by atoms with Crippen LogP contribution < -0.4 is 5.32 Å². The molecule has 1 aromatic carbocycles. The summed E-state index contributed by atoms with van der Waals surface area (Å²) in [5.41, 5.74) is 1.17. The van der Waals surface area contributed by atoms with Crippen molar-refractivity contribution in [2.45, 2.75) is 18.4 Å². The van der Waals surface area contributed by atoms with Crippen LogP contribution >= 0.6 is 46.0 Å². The van der Waals surface area contributed by atoms with Gasteiger partial charge in [0.2, 0.25) is 0 Å². The predicted octanol–water partition coefficient (Wildman–Crippen LogP) is 4.01. The fourth-order valence-corrected chi connectivity index (χ4v) is 4.47. The van der Waals surface area contributed by atoms with Crippen molar-refractivity contribution in [3.05, 3.63) is 26.8 Å². The zero-order valence-electron chi connectivity index (χ0n) is 10.3. The molecule has 3 nitrogen and oxygen atoms in total. The Morgan fingerprint density at radius 3 is 2.89 bits per heavy atom. The SMILES string of the molecule is Clc1ccc(NC2=NC3(CCOCC3)CS2)c(I)c1. The van der Waals surface area contributed by atoms with Gasteiger partial charge in [0.05, 0.1) is 11.2 Å². The van der Waals surface area contributed by atoms with Gasteiger partial charge in [0.15, 0.2) is 5.17 Å². The maximum Gasteiger partial charge on any atom is 0.161 e. The molecule has 1 saturated heterocycles. The van der Waals surface area contributed by atoms with Crippen LogP contribution in [0, 0.1) is 3.57 Å². The van der Waals surface area contributed by atoms with Crippen LogP contribution in [0.5, 0.6) is 0 Å². The Morgan fingerprint density at radius 2 is 2.16 bits per heavy atom. The lowest BCUT2D eigenvalue weighted by molar-refractivity contribution is 0.0624.